The van der Waals surface area contributed by atoms with Crippen LogP contribution in [0.1, 0.15) is 10.6 Å². The molecule has 0 bridgehead atoms. The molecule has 0 spiro atoms. The first-order valence-electron chi connectivity index (χ1n) is 5.56. The molecular weight excluding hydrogens is 283 g/mol. The molecule has 0 fully saturated rings. The van der Waals surface area contributed by atoms with Crippen LogP contribution in [-0.4, -0.2) is 34.5 Å². The van der Waals surface area contributed by atoms with Crippen molar-refractivity contribution in [2.75, 3.05) is 7.11 Å². The predicted molar refractivity (Wildman–Crippen MR) is 77.0 cm³/mol. The highest BCUT2D eigenvalue weighted by atomic mass is 32.2. The first-order valence-corrected chi connectivity index (χ1v) is 7.36. The van der Waals surface area contributed by atoms with Gasteiger partial charge in [0.25, 0.3) is 0 Å². The smallest absolute Gasteiger partial charge is 0.488 e. The lowest BCUT2D eigenvalue weighted by Gasteiger charge is -2.09. The molecule has 0 saturated heterocycles. The van der Waals surface area contributed by atoms with Gasteiger partial charge in [0.1, 0.15) is 10.8 Å². The summed E-state index contributed by atoms with van der Waals surface area (Å²) in [5.41, 5.74) is 1.29. The SMILES string of the molecule is COc1ccc(B(O)O)c(CSc2nnc(C)s2)c1. The summed E-state index contributed by atoms with van der Waals surface area (Å²) in [5.74, 6) is 1.27. The molecule has 1 aromatic heterocycles. The fourth-order valence-electron chi connectivity index (χ4n) is 1.56. The lowest BCUT2D eigenvalue weighted by Crippen LogP contribution is -2.32. The molecule has 0 unspecified atom stereocenters. The van der Waals surface area contributed by atoms with Gasteiger partial charge in [-0.05, 0) is 30.1 Å². The Hall–Kier alpha value is -1.09. The van der Waals surface area contributed by atoms with Crippen molar-refractivity contribution in [2.24, 2.45) is 0 Å². The molecule has 0 aliphatic carbocycles. The topological polar surface area (TPSA) is 75.5 Å². The Balaban J connectivity index is 2.17. The average Bonchev–Trinajstić information content (AvgIpc) is 2.81. The Labute approximate surface area is 119 Å². The molecule has 2 rings (SSSR count). The van der Waals surface area contributed by atoms with Gasteiger partial charge < -0.3 is 14.8 Å². The highest BCUT2D eigenvalue weighted by Crippen LogP contribution is 2.26. The van der Waals surface area contributed by atoms with E-state index in [0.717, 1.165) is 14.9 Å². The molecule has 2 N–H and O–H groups in total. The normalized spacial score (nSPS) is 10.5. The molecular formula is C11H13BN2O3S2. The van der Waals surface area contributed by atoms with Crippen LogP contribution in [0.4, 0.5) is 0 Å². The zero-order valence-electron chi connectivity index (χ0n) is 10.5. The summed E-state index contributed by atoms with van der Waals surface area (Å²) in [6, 6.07) is 5.17. The molecule has 0 aliphatic rings. The minimum atomic E-state index is -1.49. The fourth-order valence-corrected chi connectivity index (χ4v) is 3.38. The van der Waals surface area contributed by atoms with Crippen LogP contribution in [-0.2, 0) is 5.75 Å². The minimum Gasteiger partial charge on any atom is -0.497 e. The number of ether oxygens (including phenoxy) is 1. The van der Waals surface area contributed by atoms with Gasteiger partial charge in [-0.25, -0.2) is 0 Å². The number of hydrogen-bond donors (Lipinski definition) is 2. The number of hydrogen-bond acceptors (Lipinski definition) is 7. The van der Waals surface area contributed by atoms with Gasteiger partial charge in [-0.3, -0.25) is 0 Å². The van der Waals surface area contributed by atoms with Crippen LogP contribution in [0.3, 0.4) is 0 Å². The van der Waals surface area contributed by atoms with E-state index in [-0.39, 0.29) is 0 Å². The van der Waals surface area contributed by atoms with Crippen molar-refractivity contribution in [2.45, 2.75) is 17.0 Å². The zero-order valence-corrected chi connectivity index (χ0v) is 12.2. The van der Waals surface area contributed by atoms with Gasteiger partial charge in [0, 0.05) is 5.75 Å². The number of methoxy groups -OCH3 is 1. The summed E-state index contributed by atoms with van der Waals surface area (Å²) in [5, 5.41) is 27.6. The van der Waals surface area contributed by atoms with E-state index in [1.54, 1.807) is 25.3 Å². The van der Waals surface area contributed by atoms with E-state index in [4.69, 9.17) is 4.74 Å². The molecule has 1 heterocycles. The Bertz CT molecular complexity index is 563. The molecule has 19 heavy (non-hydrogen) atoms. The second-order valence-electron chi connectivity index (χ2n) is 3.81. The van der Waals surface area contributed by atoms with Crippen molar-refractivity contribution in [1.29, 1.82) is 0 Å². The summed E-state index contributed by atoms with van der Waals surface area (Å²) in [6.07, 6.45) is 0. The Morgan fingerprint density at radius 2 is 2.16 bits per heavy atom. The van der Waals surface area contributed by atoms with Crippen molar-refractivity contribution in [1.82, 2.24) is 10.2 Å². The third kappa shape index (κ3) is 3.69. The second-order valence-corrected chi connectivity index (χ2v) is 6.22. The first-order chi connectivity index (χ1) is 9.10. The summed E-state index contributed by atoms with van der Waals surface area (Å²) in [6.45, 7) is 1.90. The maximum Gasteiger partial charge on any atom is 0.488 e. The second kappa shape index (κ2) is 6.38. The highest BCUT2D eigenvalue weighted by molar-refractivity contribution is 8.00. The van der Waals surface area contributed by atoms with E-state index in [0.29, 0.717) is 17.0 Å². The molecule has 5 nitrogen and oxygen atoms in total. The molecule has 100 valence electrons. The van der Waals surface area contributed by atoms with Crippen LogP contribution in [0, 0.1) is 6.92 Å². The molecule has 0 saturated carbocycles. The molecule has 0 radical (unpaired) electrons. The van der Waals surface area contributed by atoms with Crippen molar-refractivity contribution in [3.05, 3.63) is 28.8 Å². The standard InChI is InChI=1S/C11H13BN2O3S2/c1-7-13-14-11(19-7)18-6-8-5-9(17-2)3-4-10(8)12(15)16/h3-5,15-16H,6H2,1-2H3. The van der Waals surface area contributed by atoms with Gasteiger partial charge in [-0.15, -0.1) is 10.2 Å². The van der Waals surface area contributed by atoms with Crippen LogP contribution < -0.4 is 10.2 Å². The fraction of sp³-hybridized carbons (Fsp3) is 0.273. The van der Waals surface area contributed by atoms with Gasteiger partial charge >= 0.3 is 7.12 Å². The molecule has 0 aliphatic heterocycles. The number of nitrogens with zero attached hydrogens (tertiary/aromatic N) is 2. The maximum atomic E-state index is 9.35. The maximum absolute atomic E-state index is 9.35. The summed E-state index contributed by atoms with van der Waals surface area (Å²) in [7, 11) is 0.0905. The van der Waals surface area contributed by atoms with Gasteiger partial charge in [-0.2, -0.15) is 0 Å². The Morgan fingerprint density at radius 1 is 1.37 bits per heavy atom. The molecule has 1 aromatic carbocycles. The molecule has 0 atom stereocenters. The van der Waals surface area contributed by atoms with Gasteiger partial charge in [0.05, 0.1) is 7.11 Å². The van der Waals surface area contributed by atoms with Crippen LogP contribution in [0.25, 0.3) is 0 Å². The van der Waals surface area contributed by atoms with Crippen LogP contribution in [0.15, 0.2) is 22.5 Å². The van der Waals surface area contributed by atoms with Gasteiger partial charge in [0.15, 0.2) is 4.34 Å². The minimum absolute atomic E-state index is 0.481. The van der Waals surface area contributed by atoms with Gasteiger partial charge in [-0.1, -0.05) is 29.2 Å². The van der Waals surface area contributed by atoms with Crippen LogP contribution in [0.5, 0.6) is 5.75 Å². The number of benzene rings is 1. The van der Waals surface area contributed by atoms with Crippen LogP contribution in [0.2, 0.25) is 0 Å². The van der Waals surface area contributed by atoms with E-state index >= 15 is 0 Å². The van der Waals surface area contributed by atoms with Crippen molar-refractivity contribution in [3.63, 3.8) is 0 Å². The van der Waals surface area contributed by atoms with E-state index in [9.17, 15) is 10.0 Å². The number of aromatic nitrogens is 2. The first kappa shape index (κ1) is 14.3. The molecule has 0 amide bonds. The average molecular weight is 296 g/mol. The third-order valence-electron chi connectivity index (χ3n) is 2.49. The lowest BCUT2D eigenvalue weighted by atomic mass is 9.77. The van der Waals surface area contributed by atoms with E-state index in [1.165, 1.54) is 23.1 Å². The zero-order chi connectivity index (χ0) is 13.8. The molecule has 8 heteroatoms. The number of thioether (sulfide) groups is 1. The van der Waals surface area contributed by atoms with Crippen LogP contribution >= 0.6 is 23.1 Å². The van der Waals surface area contributed by atoms with Crippen molar-refractivity contribution in [3.8, 4) is 5.75 Å². The highest BCUT2D eigenvalue weighted by Gasteiger charge is 2.17. The predicted octanol–water partition coefficient (Wildman–Crippen LogP) is 0.827. The monoisotopic (exact) mass is 296 g/mol. The molecule has 2 aromatic rings. The largest absolute Gasteiger partial charge is 0.497 e. The number of rotatable bonds is 5. The Kier molecular flexibility index (Phi) is 4.81. The van der Waals surface area contributed by atoms with E-state index in [1.807, 2.05) is 6.92 Å². The van der Waals surface area contributed by atoms with Gasteiger partial charge in [0.2, 0.25) is 0 Å². The summed E-state index contributed by atoms with van der Waals surface area (Å²) in [4.78, 5) is 0. The number of aryl methyl sites for hydroxylation is 1. The summed E-state index contributed by atoms with van der Waals surface area (Å²) < 4.78 is 6.01. The van der Waals surface area contributed by atoms with Crippen molar-refractivity contribution < 1.29 is 14.8 Å². The quantitative estimate of drug-likeness (QED) is 0.629. The van der Waals surface area contributed by atoms with Crippen molar-refractivity contribution >= 4 is 35.7 Å². The Morgan fingerprint density at radius 3 is 2.74 bits per heavy atom. The third-order valence-corrected chi connectivity index (χ3v) is 4.51. The van der Waals surface area contributed by atoms with E-state index in [2.05, 4.69) is 10.2 Å². The lowest BCUT2D eigenvalue weighted by molar-refractivity contribution is 0.413. The van der Waals surface area contributed by atoms with E-state index < -0.39 is 7.12 Å². The summed E-state index contributed by atoms with van der Waals surface area (Å²) >= 11 is 3.03.